The van der Waals surface area contributed by atoms with Crippen molar-refractivity contribution < 1.29 is 9.84 Å². The summed E-state index contributed by atoms with van der Waals surface area (Å²) in [5.74, 6) is 0.354. The highest BCUT2D eigenvalue weighted by Crippen LogP contribution is 2.01. The van der Waals surface area contributed by atoms with E-state index in [4.69, 9.17) is 15.6 Å². The Morgan fingerprint density at radius 1 is 1.37 bits per heavy atom. The Morgan fingerprint density at radius 3 is 2.58 bits per heavy atom. The first-order chi connectivity index (χ1) is 8.97. The molecule has 0 bridgehead atoms. The highest BCUT2D eigenvalue weighted by molar-refractivity contribution is 5.96. The molecule has 0 aliphatic carbocycles. The van der Waals surface area contributed by atoms with Crippen LogP contribution in [0.15, 0.2) is 29.4 Å². The number of hydrogen-bond donors (Lipinski definition) is 3. The molecule has 0 rings (SSSR count). The number of aliphatic hydroxyl groups excluding tert-OH is 1. The van der Waals surface area contributed by atoms with Crippen LogP contribution >= 0.6 is 0 Å². The average molecular weight is 269 g/mol. The van der Waals surface area contributed by atoms with Crippen molar-refractivity contribution in [3.8, 4) is 0 Å². The predicted octanol–water partition coefficient (Wildman–Crippen LogP) is 1.40. The Bertz CT molecular complexity index is 310. The van der Waals surface area contributed by atoms with E-state index in [0.29, 0.717) is 18.9 Å². The second-order valence-electron chi connectivity index (χ2n) is 4.61. The lowest BCUT2D eigenvalue weighted by molar-refractivity contribution is 0.186. The molecule has 0 saturated heterocycles. The standard InChI is InChI=1S/C14H27N3O2/c1-11(2)13(7-6-10-19-4)17-12(3)16-9-5-8-14(15)18/h5-7,9,11-12,14,16,18H,8,10,15H2,1-4H3/b7-6+,9-5-,17-13+. The third-order valence-electron chi connectivity index (χ3n) is 2.32. The van der Waals surface area contributed by atoms with Gasteiger partial charge < -0.3 is 20.9 Å². The zero-order valence-electron chi connectivity index (χ0n) is 12.3. The van der Waals surface area contributed by atoms with E-state index in [-0.39, 0.29) is 6.17 Å². The van der Waals surface area contributed by atoms with Crippen LogP contribution in [0, 0.1) is 5.92 Å². The number of nitrogens with zero attached hydrogens (tertiary/aromatic N) is 1. The minimum absolute atomic E-state index is 0.0317. The van der Waals surface area contributed by atoms with Gasteiger partial charge in [0.25, 0.3) is 0 Å². The SMILES string of the molecule is COC/C=C/C(=N\C(C)N/C=C\CC(N)O)C(C)C. The summed E-state index contributed by atoms with van der Waals surface area (Å²) in [6.45, 7) is 6.75. The number of hydrogen-bond acceptors (Lipinski definition) is 5. The lowest BCUT2D eigenvalue weighted by Gasteiger charge is -2.11. The van der Waals surface area contributed by atoms with Crippen LogP contribution in [0.3, 0.4) is 0 Å². The van der Waals surface area contributed by atoms with E-state index in [1.165, 1.54) is 0 Å². The molecule has 0 fully saturated rings. The van der Waals surface area contributed by atoms with Crippen molar-refractivity contribution in [3.63, 3.8) is 0 Å². The molecule has 0 aromatic carbocycles. The van der Waals surface area contributed by atoms with Crippen molar-refractivity contribution in [2.45, 2.75) is 39.6 Å². The average Bonchev–Trinajstić information content (AvgIpc) is 2.33. The predicted molar refractivity (Wildman–Crippen MR) is 79.8 cm³/mol. The summed E-state index contributed by atoms with van der Waals surface area (Å²) in [7, 11) is 1.66. The maximum atomic E-state index is 8.91. The van der Waals surface area contributed by atoms with Crippen molar-refractivity contribution in [2.24, 2.45) is 16.6 Å². The Kier molecular flexibility index (Phi) is 10.1. The third-order valence-corrected chi connectivity index (χ3v) is 2.32. The first-order valence-electron chi connectivity index (χ1n) is 6.55. The number of aliphatic hydroxyl groups is 1. The van der Waals surface area contributed by atoms with Gasteiger partial charge in [-0.25, -0.2) is 0 Å². The van der Waals surface area contributed by atoms with Crippen LogP contribution in [0.1, 0.15) is 27.2 Å². The summed E-state index contributed by atoms with van der Waals surface area (Å²) in [5.41, 5.74) is 6.24. The molecule has 0 amide bonds. The third kappa shape index (κ3) is 10.4. The number of allylic oxidation sites excluding steroid dienone is 1. The van der Waals surface area contributed by atoms with Gasteiger partial charge in [0.15, 0.2) is 0 Å². The summed E-state index contributed by atoms with van der Waals surface area (Å²) in [6.07, 6.45) is 7.07. The van der Waals surface area contributed by atoms with Crippen molar-refractivity contribution in [1.29, 1.82) is 0 Å². The van der Waals surface area contributed by atoms with Crippen LogP contribution in [0.5, 0.6) is 0 Å². The molecule has 0 saturated carbocycles. The van der Waals surface area contributed by atoms with Gasteiger partial charge in [0.2, 0.25) is 0 Å². The fraction of sp³-hybridized carbons (Fsp3) is 0.643. The summed E-state index contributed by atoms with van der Waals surface area (Å²) >= 11 is 0. The van der Waals surface area contributed by atoms with Crippen LogP contribution in [0.2, 0.25) is 0 Å². The molecule has 0 aromatic rings. The quantitative estimate of drug-likeness (QED) is 0.437. The van der Waals surface area contributed by atoms with Crippen LogP contribution in [-0.4, -0.2) is 36.9 Å². The van der Waals surface area contributed by atoms with E-state index in [2.05, 4.69) is 24.2 Å². The first-order valence-corrected chi connectivity index (χ1v) is 6.55. The van der Waals surface area contributed by atoms with Crippen molar-refractivity contribution in [1.82, 2.24) is 5.32 Å². The molecule has 5 heteroatoms. The summed E-state index contributed by atoms with van der Waals surface area (Å²) in [6, 6.07) is 0. The van der Waals surface area contributed by atoms with Crippen molar-refractivity contribution in [2.75, 3.05) is 13.7 Å². The molecule has 2 unspecified atom stereocenters. The van der Waals surface area contributed by atoms with Gasteiger partial charge in [-0.2, -0.15) is 0 Å². The lowest BCUT2D eigenvalue weighted by Crippen LogP contribution is -2.22. The fourth-order valence-electron chi connectivity index (χ4n) is 1.33. The van der Waals surface area contributed by atoms with Gasteiger partial charge in [0.05, 0.1) is 6.61 Å². The topological polar surface area (TPSA) is 79.9 Å². The smallest absolute Gasteiger partial charge is 0.115 e. The van der Waals surface area contributed by atoms with E-state index in [9.17, 15) is 0 Å². The Hall–Kier alpha value is -1.17. The molecular formula is C14H27N3O2. The largest absolute Gasteiger partial charge is 0.381 e. The first kappa shape index (κ1) is 17.8. The molecule has 0 heterocycles. The van der Waals surface area contributed by atoms with Gasteiger partial charge in [0.1, 0.15) is 12.4 Å². The fourth-order valence-corrected chi connectivity index (χ4v) is 1.33. The number of ether oxygens (including phenoxy) is 1. The van der Waals surface area contributed by atoms with E-state index in [1.807, 2.05) is 19.1 Å². The zero-order valence-corrected chi connectivity index (χ0v) is 12.3. The number of nitrogens with two attached hydrogens (primary N) is 1. The molecule has 0 aromatic heterocycles. The van der Waals surface area contributed by atoms with Gasteiger partial charge in [-0.1, -0.05) is 26.0 Å². The van der Waals surface area contributed by atoms with E-state index < -0.39 is 6.23 Å². The minimum Gasteiger partial charge on any atom is -0.381 e. The molecule has 0 aliphatic rings. The van der Waals surface area contributed by atoms with Gasteiger partial charge >= 0.3 is 0 Å². The van der Waals surface area contributed by atoms with Crippen molar-refractivity contribution >= 4 is 5.71 Å². The normalized spacial score (nSPS) is 16.5. The second kappa shape index (κ2) is 10.7. The Labute approximate surface area is 116 Å². The highest BCUT2D eigenvalue weighted by Gasteiger charge is 2.03. The lowest BCUT2D eigenvalue weighted by atomic mass is 10.1. The van der Waals surface area contributed by atoms with E-state index in [1.54, 1.807) is 19.4 Å². The number of aliphatic imine (C=N–C) groups is 1. The van der Waals surface area contributed by atoms with Gasteiger partial charge in [-0.3, -0.25) is 4.99 Å². The molecule has 2 atom stereocenters. The van der Waals surface area contributed by atoms with Crippen LogP contribution in [-0.2, 0) is 4.74 Å². The Morgan fingerprint density at radius 2 is 2.05 bits per heavy atom. The maximum Gasteiger partial charge on any atom is 0.115 e. The van der Waals surface area contributed by atoms with E-state index in [0.717, 1.165) is 5.71 Å². The highest BCUT2D eigenvalue weighted by atomic mass is 16.5. The maximum absolute atomic E-state index is 8.91. The minimum atomic E-state index is -0.806. The summed E-state index contributed by atoms with van der Waals surface area (Å²) in [4.78, 5) is 4.58. The molecule has 4 N–H and O–H groups in total. The molecule has 110 valence electrons. The van der Waals surface area contributed by atoms with Crippen molar-refractivity contribution in [3.05, 3.63) is 24.4 Å². The summed E-state index contributed by atoms with van der Waals surface area (Å²) < 4.78 is 4.97. The monoisotopic (exact) mass is 269 g/mol. The molecule has 0 spiro atoms. The molecular weight excluding hydrogens is 242 g/mol. The number of rotatable bonds is 9. The van der Waals surface area contributed by atoms with Gasteiger partial charge in [-0.05, 0) is 25.1 Å². The van der Waals surface area contributed by atoms with E-state index >= 15 is 0 Å². The molecule has 0 aliphatic heterocycles. The number of methoxy groups -OCH3 is 1. The van der Waals surface area contributed by atoms with Crippen LogP contribution in [0.4, 0.5) is 0 Å². The van der Waals surface area contributed by atoms with Gasteiger partial charge in [0, 0.05) is 19.2 Å². The summed E-state index contributed by atoms with van der Waals surface area (Å²) in [5, 5.41) is 12.0. The Balaban J connectivity index is 4.36. The van der Waals surface area contributed by atoms with Crippen LogP contribution < -0.4 is 11.1 Å². The molecule has 0 radical (unpaired) electrons. The van der Waals surface area contributed by atoms with Crippen LogP contribution in [0.25, 0.3) is 0 Å². The second-order valence-corrected chi connectivity index (χ2v) is 4.61. The van der Waals surface area contributed by atoms with Gasteiger partial charge in [-0.15, -0.1) is 0 Å². The zero-order chi connectivity index (χ0) is 14.7. The molecule has 19 heavy (non-hydrogen) atoms. The molecule has 5 nitrogen and oxygen atoms in total. The number of nitrogens with one attached hydrogen (secondary N) is 1.